The van der Waals surface area contributed by atoms with Crippen molar-refractivity contribution >= 4 is 0 Å². The number of halogens is 3. The van der Waals surface area contributed by atoms with Crippen molar-refractivity contribution in [2.75, 3.05) is 13.1 Å². The Kier molecular flexibility index (Phi) is 4.47. The minimum atomic E-state index is -4.45. The Bertz CT molecular complexity index is 635. The average Bonchev–Trinajstić information content (AvgIpc) is 2.56. The van der Waals surface area contributed by atoms with E-state index in [-0.39, 0.29) is 6.01 Å². The third-order valence-corrected chi connectivity index (χ3v) is 3.86. The SMILES string of the molecule is FC(F)(F)c1cnc(Oc2ccc(C3CCNCC3)cc2)nc1. The molecule has 1 N–H and O–H groups in total. The van der Waals surface area contributed by atoms with Gasteiger partial charge >= 0.3 is 12.2 Å². The van der Waals surface area contributed by atoms with Crippen LogP contribution in [0.1, 0.15) is 29.9 Å². The fourth-order valence-electron chi connectivity index (χ4n) is 2.58. The van der Waals surface area contributed by atoms with E-state index >= 15 is 0 Å². The normalized spacial score (nSPS) is 16.3. The van der Waals surface area contributed by atoms with Crippen molar-refractivity contribution in [3.8, 4) is 11.8 Å². The van der Waals surface area contributed by atoms with E-state index in [0.717, 1.165) is 25.9 Å². The van der Waals surface area contributed by atoms with Crippen LogP contribution in [0.25, 0.3) is 0 Å². The first-order chi connectivity index (χ1) is 11.0. The summed E-state index contributed by atoms with van der Waals surface area (Å²) >= 11 is 0. The van der Waals surface area contributed by atoms with E-state index < -0.39 is 11.7 Å². The summed E-state index contributed by atoms with van der Waals surface area (Å²) in [4.78, 5) is 7.18. The van der Waals surface area contributed by atoms with Gasteiger partial charge in [0.25, 0.3) is 0 Å². The van der Waals surface area contributed by atoms with E-state index in [2.05, 4.69) is 15.3 Å². The van der Waals surface area contributed by atoms with Gasteiger partial charge in [0.15, 0.2) is 0 Å². The van der Waals surface area contributed by atoms with Crippen LogP contribution in [0.15, 0.2) is 36.7 Å². The molecule has 0 amide bonds. The summed E-state index contributed by atoms with van der Waals surface area (Å²) in [6, 6.07) is 7.44. The van der Waals surface area contributed by atoms with E-state index in [9.17, 15) is 13.2 Å². The van der Waals surface area contributed by atoms with Crippen LogP contribution in [0.5, 0.6) is 11.8 Å². The average molecular weight is 323 g/mol. The Morgan fingerprint density at radius 1 is 1.00 bits per heavy atom. The monoisotopic (exact) mass is 323 g/mol. The molecule has 1 aliphatic rings. The highest BCUT2D eigenvalue weighted by Gasteiger charge is 2.31. The first kappa shape index (κ1) is 15.7. The van der Waals surface area contributed by atoms with Gasteiger partial charge in [-0.05, 0) is 49.5 Å². The number of ether oxygens (including phenoxy) is 1. The highest BCUT2D eigenvalue weighted by atomic mass is 19.4. The van der Waals surface area contributed by atoms with Gasteiger partial charge in [-0.15, -0.1) is 0 Å². The van der Waals surface area contributed by atoms with Gasteiger partial charge in [0, 0.05) is 12.4 Å². The Balaban J connectivity index is 1.66. The molecule has 1 aliphatic heterocycles. The molecule has 0 aliphatic carbocycles. The molecule has 3 rings (SSSR count). The molecule has 2 aromatic rings. The second-order valence-corrected chi connectivity index (χ2v) is 5.45. The summed E-state index contributed by atoms with van der Waals surface area (Å²) in [5.74, 6) is 1.04. The van der Waals surface area contributed by atoms with Gasteiger partial charge in [-0.3, -0.25) is 0 Å². The van der Waals surface area contributed by atoms with Crippen LogP contribution < -0.4 is 10.1 Å². The van der Waals surface area contributed by atoms with Gasteiger partial charge in [0.05, 0.1) is 5.56 Å². The minimum Gasteiger partial charge on any atom is -0.424 e. The molecule has 0 bridgehead atoms. The van der Waals surface area contributed by atoms with Crippen molar-refractivity contribution in [2.24, 2.45) is 0 Å². The maximum atomic E-state index is 12.4. The number of nitrogens with zero attached hydrogens (tertiary/aromatic N) is 2. The molecule has 0 spiro atoms. The Hall–Kier alpha value is -2.15. The highest BCUT2D eigenvalue weighted by Crippen LogP contribution is 2.30. The number of alkyl halides is 3. The Labute approximate surface area is 131 Å². The maximum Gasteiger partial charge on any atom is 0.419 e. The zero-order chi connectivity index (χ0) is 16.3. The van der Waals surface area contributed by atoms with Gasteiger partial charge < -0.3 is 10.1 Å². The van der Waals surface area contributed by atoms with Gasteiger partial charge in [-0.25, -0.2) is 9.97 Å². The van der Waals surface area contributed by atoms with Crippen molar-refractivity contribution in [1.29, 1.82) is 0 Å². The number of hydrogen-bond donors (Lipinski definition) is 1. The maximum absolute atomic E-state index is 12.4. The Morgan fingerprint density at radius 3 is 2.17 bits per heavy atom. The van der Waals surface area contributed by atoms with E-state index in [4.69, 9.17) is 4.74 Å². The second kappa shape index (κ2) is 6.54. The first-order valence-corrected chi connectivity index (χ1v) is 7.40. The lowest BCUT2D eigenvalue weighted by Crippen LogP contribution is -2.26. The quantitative estimate of drug-likeness (QED) is 0.934. The van der Waals surface area contributed by atoms with Gasteiger partial charge in [0.1, 0.15) is 5.75 Å². The highest BCUT2D eigenvalue weighted by molar-refractivity contribution is 5.31. The lowest BCUT2D eigenvalue weighted by molar-refractivity contribution is -0.138. The summed E-state index contributed by atoms with van der Waals surface area (Å²) in [6.45, 7) is 2.03. The molecule has 0 atom stereocenters. The van der Waals surface area contributed by atoms with Crippen molar-refractivity contribution < 1.29 is 17.9 Å². The molecular weight excluding hydrogens is 307 g/mol. The van der Waals surface area contributed by atoms with E-state index in [1.165, 1.54) is 5.56 Å². The molecule has 2 heterocycles. The predicted octanol–water partition coefficient (Wildman–Crippen LogP) is 3.75. The number of rotatable bonds is 3. The lowest BCUT2D eigenvalue weighted by Gasteiger charge is -2.23. The zero-order valence-corrected chi connectivity index (χ0v) is 12.3. The molecule has 23 heavy (non-hydrogen) atoms. The van der Waals surface area contributed by atoms with E-state index in [1.54, 1.807) is 12.1 Å². The van der Waals surface area contributed by atoms with Crippen LogP contribution in [0.2, 0.25) is 0 Å². The van der Waals surface area contributed by atoms with Gasteiger partial charge in [0.2, 0.25) is 0 Å². The number of nitrogens with one attached hydrogen (secondary N) is 1. The largest absolute Gasteiger partial charge is 0.424 e. The number of hydrogen-bond acceptors (Lipinski definition) is 4. The van der Waals surface area contributed by atoms with Crippen LogP contribution in [0, 0.1) is 0 Å². The van der Waals surface area contributed by atoms with Crippen molar-refractivity contribution in [3.63, 3.8) is 0 Å². The van der Waals surface area contributed by atoms with Crippen molar-refractivity contribution in [3.05, 3.63) is 47.8 Å². The van der Waals surface area contributed by atoms with E-state index in [1.807, 2.05) is 12.1 Å². The van der Waals surface area contributed by atoms with Crippen LogP contribution in [-0.2, 0) is 6.18 Å². The molecule has 0 unspecified atom stereocenters. The predicted molar refractivity (Wildman–Crippen MR) is 78.4 cm³/mol. The molecule has 4 nitrogen and oxygen atoms in total. The van der Waals surface area contributed by atoms with Crippen molar-refractivity contribution in [1.82, 2.24) is 15.3 Å². The molecular formula is C16H16F3N3O. The minimum absolute atomic E-state index is 0.104. The van der Waals surface area contributed by atoms with Crippen molar-refractivity contribution in [2.45, 2.75) is 24.9 Å². The molecule has 0 radical (unpaired) electrons. The molecule has 1 aromatic carbocycles. The van der Waals surface area contributed by atoms with Gasteiger partial charge in [-0.2, -0.15) is 13.2 Å². The smallest absolute Gasteiger partial charge is 0.419 e. The fourth-order valence-corrected chi connectivity index (χ4v) is 2.58. The lowest BCUT2D eigenvalue weighted by atomic mass is 9.90. The molecule has 1 saturated heterocycles. The third kappa shape index (κ3) is 3.98. The van der Waals surface area contributed by atoms with Crippen LogP contribution in [0.4, 0.5) is 13.2 Å². The summed E-state index contributed by atoms with van der Waals surface area (Å²) in [5, 5.41) is 3.32. The molecule has 1 fully saturated rings. The Morgan fingerprint density at radius 2 is 1.61 bits per heavy atom. The standard InChI is InChI=1S/C16H16F3N3O/c17-16(18,19)13-9-21-15(22-10-13)23-14-3-1-11(2-4-14)12-5-7-20-8-6-12/h1-4,9-10,12,20H,5-8H2. The zero-order valence-electron chi connectivity index (χ0n) is 12.3. The van der Waals surface area contributed by atoms with Crippen LogP contribution in [0.3, 0.4) is 0 Å². The van der Waals surface area contributed by atoms with Crippen LogP contribution >= 0.6 is 0 Å². The first-order valence-electron chi connectivity index (χ1n) is 7.40. The summed E-state index contributed by atoms with van der Waals surface area (Å²) in [6.07, 6.45) is -0.822. The summed E-state index contributed by atoms with van der Waals surface area (Å²) in [7, 11) is 0. The van der Waals surface area contributed by atoms with Crippen LogP contribution in [-0.4, -0.2) is 23.1 Å². The topological polar surface area (TPSA) is 47.0 Å². The molecule has 1 aromatic heterocycles. The number of piperidine rings is 1. The number of aromatic nitrogens is 2. The number of benzene rings is 1. The molecule has 0 saturated carbocycles. The molecule has 7 heteroatoms. The molecule has 122 valence electrons. The summed E-state index contributed by atoms with van der Waals surface area (Å²) < 4.78 is 42.7. The van der Waals surface area contributed by atoms with E-state index in [0.29, 0.717) is 24.1 Å². The second-order valence-electron chi connectivity index (χ2n) is 5.45. The van der Waals surface area contributed by atoms with Gasteiger partial charge in [-0.1, -0.05) is 12.1 Å². The summed E-state index contributed by atoms with van der Waals surface area (Å²) in [5.41, 5.74) is 0.346. The third-order valence-electron chi connectivity index (χ3n) is 3.86. The fraction of sp³-hybridized carbons (Fsp3) is 0.375.